The molecule has 2 aromatic carbocycles. The molecular weight excluding hydrogens is 246 g/mol. The van der Waals surface area contributed by atoms with Crippen molar-refractivity contribution in [2.24, 2.45) is 0 Å². The Hall–Kier alpha value is -1.54. The molecule has 0 spiro atoms. The van der Waals surface area contributed by atoms with E-state index in [0.717, 1.165) is 23.6 Å². The van der Waals surface area contributed by atoms with Gasteiger partial charge in [0.15, 0.2) is 0 Å². The number of halogens is 1. The predicted molar refractivity (Wildman–Crippen MR) is 76.2 cm³/mol. The van der Waals surface area contributed by atoms with Crippen LogP contribution in [0.2, 0.25) is 0 Å². The first kappa shape index (κ1) is 12.9. The van der Waals surface area contributed by atoms with Gasteiger partial charge in [0.2, 0.25) is 0 Å². The number of amides is 1. The first-order valence-corrected chi connectivity index (χ1v) is 6.67. The Morgan fingerprint density at radius 1 is 1.06 bits per heavy atom. The summed E-state index contributed by atoms with van der Waals surface area (Å²) in [4.78, 5) is 11.9. The molecule has 0 aromatic heterocycles. The lowest BCUT2D eigenvalue weighted by molar-refractivity contribution is 0.0953. The second-order valence-corrected chi connectivity index (χ2v) is 4.59. The van der Waals surface area contributed by atoms with Crippen LogP contribution in [-0.2, 0) is 0 Å². The number of carbonyl (C=O) groups excluding carboxylic acids is 1. The van der Waals surface area contributed by atoms with Crippen molar-refractivity contribution in [3.05, 3.63) is 48.0 Å². The van der Waals surface area contributed by atoms with Gasteiger partial charge in [-0.2, -0.15) is 0 Å². The van der Waals surface area contributed by atoms with Crippen molar-refractivity contribution in [3.63, 3.8) is 0 Å². The molecule has 0 radical (unpaired) electrons. The molecule has 2 rings (SSSR count). The molecule has 0 aliphatic heterocycles. The summed E-state index contributed by atoms with van der Waals surface area (Å²) in [5.74, 6) is 0.626. The molecule has 0 heterocycles. The molecule has 94 valence electrons. The number of hydrogen-bond acceptors (Lipinski definition) is 1. The minimum absolute atomic E-state index is 0.0182. The number of nitrogens with one attached hydrogen (secondary N) is 1. The molecule has 3 heteroatoms. The monoisotopic (exact) mass is 261 g/mol. The molecule has 2 aromatic rings. The summed E-state index contributed by atoms with van der Waals surface area (Å²) < 4.78 is 0. The van der Waals surface area contributed by atoms with Crippen molar-refractivity contribution in [1.82, 2.24) is 5.32 Å². The Labute approximate surface area is 112 Å². The highest BCUT2D eigenvalue weighted by molar-refractivity contribution is 6.17. The molecule has 0 fully saturated rings. The summed E-state index contributed by atoms with van der Waals surface area (Å²) in [5.41, 5.74) is 0.708. The van der Waals surface area contributed by atoms with E-state index < -0.39 is 0 Å². The van der Waals surface area contributed by atoms with Crippen LogP contribution in [0.25, 0.3) is 10.8 Å². The lowest BCUT2D eigenvalue weighted by Crippen LogP contribution is -2.24. The number of benzene rings is 2. The third-order valence-corrected chi connectivity index (χ3v) is 3.12. The van der Waals surface area contributed by atoms with Crippen molar-refractivity contribution >= 4 is 28.3 Å². The summed E-state index contributed by atoms with van der Waals surface area (Å²) in [5, 5.41) is 5.14. The number of fused-ring (bicyclic) bond motifs is 1. The highest BCUT2D eigenvalue weighted by Gasteiger charge is 2.05. The van der Waals surface area contributed by atoms with Gasteiger partial charge in [-0.15, -0.1) is 11.6 Å². The maximum absolute atomic E-state index is 11.9. The minimum Gasteiger partial charge on any atom is -0.352 e. The van der Waals surface area contributed by atoms with Gasteiger partial charge in [-0.3, -0.25) is 4.79 Å². The lowest BCUT2D eigenvalue weighted by atomic mass is 10.1. The van der Waals surface area contributed by atoms with Gasteiger partial charge in [0, 0.05) is 18.0 Å². The zero-order chi connectivity index (χ0) is 12.8. The van der Waals surface area contributed by atoms with Gasteiger partial charge < -0.3 is 5.32 Å². The second-order valence-electron chi connectivity index (χ2n) is 4.21. The summed E-state index contributed by atoms with van der Waals surface area (Å²) in [6.45, 7) is 0.679. The SMILES string of the molecule is O=C(NCCCCCl)c1ccc2ccccc2c1. The molecule has 0 bridgehead atoms. The average molecular weight is 262 g/mol. The summed E-state index contributed by atoms with van der Waals surface area (Å²) >= 11 is 5.59. The largest absolute Gasteiger partial charge is 0.352 e. The van der Waals surface area contributed by atoms with E-state index in [9.17, 15) is 4.79 Å². The molecule has 0 saturated heterocycles. The molecule has 2 nitrogen and oxygen atoms in total. The van der Waals surface area contributed by atoms with Gasteiger partial charge in [-0.25, -0.2) is 0 Å². The summed E-state index contributed by atoms with van der Waals surface area (Å²) in [6.07, 6.45) is 1.85. The normalized spacial score (nSPS) is 10.5. The van der Waals surface area contributed by atoms with Crippen LogP contribution in [0.4, 0.5) is 0 Å². The van der Waals surface area contributed by atoms with Crippen molar-refractivity contribution < 1.29 is 4.79 Å². The third-order valence-electron chi connectivity index (χ3n) is 2.86. The zero-order valence-electron chi connectivity index (χ0n) is 10.2. The van der Waals surface area contributed by atoms with Crippen molar-refractivity contribution in [1.29, 1.82) is 0 Å². The smallest absolute Gasteiger partial charge is 0.251 e. The van der Waals surface area contributed by atoms with Gasteiger partial charge in [-0.1, -0.05) is 30.3 Å². The van der Waals surface area contributed by atoms with Gasteiger partial charge in [0.1, 0.15) is 0 Å². The van der Waals surface area contributed by atoms with Crippen LogP contribution in [0.15, 0.2) is 42.5 Å². The fourth-order valence-corrected chi connectivity index (χ4v) is 2.04. The first-order valence-electron chi connectivity index (χ1n) is 6.14. The van der Waals surface area contributed by atoms with Crippen LogP contribution >= 0.6 is 11.6 Å². The van der Waals surface area contributed by atoms with E-state index >= 15 is 0 Å². The van der Waals surface area contributed by atoms with Crippen molar-refractivity contribution in [3.8, 4) is 0 Å². The Bertz CT molecular complexity index is 539. The van der Waals surface area contributed by atoms with Crippen molar-refractivity contribution in [2.75, 3.05) is 12.4 Å². The Kier molecular flexibility index (Phi) is 4.59. The van der Waals surface area contributed by atoms with E-state index in [1.807, 2.05) is 42.5 Å². The number of hydrogen-bond donors (Lipinski definition) is 1. The van der Waals surface area contributed by atoms with Crippen LogP contribution < -0.4 is 5.32 Å². The van der Waals surface area contributed by atoms with Crippen LogP contribution in [0.1, 0.15) is 23.2 Å². The fraction of sp³-hybridized carbons (Fsp3) is 0.267. The standard InChI is InChI=1S/C15H16ClNO/c16-9-3-4-10-17-15(18)14-8-7-12-5-1-2-6-13(12)11-14/h1-2,5-8,11H,3-4,9-10H2,(H,17,18). The molecule has 0 saturated carbocycles. The highest BCUT2D eigenvalue weighted by atomic mass is 35.5. The molecule has 18 heavy (non-hydrogen) atoms. The maximum Gasteiger partial charge on any atom is 0.251 e. The Morgan fingerprint density at radius 3 is 2.61 bits per heavy atom. The maximum atomic E-state index is 11.9. The summed E-state index contributed by atoms with van der Waals surface area (Å²) in [7, 11) is 0. The van der Waals surface area contributed by atoms with E-state index in [1.54, 1.807) is 0 Å². The molecule has 0 unspecified atom stereocenters. The second kappa shape index (κ2) is 6.41. The van der Waals surface area contributed by atoms with E-state index in [4.69, 9.17) is 11.6 Å². The van der Waals surface area contributed by atoms with Crippen LogP contribution in [0, 0.1) is 0 Å². The molecular formula is C15H16ClNO. The number of carbonyl (C=O) groups is 1. The van der Waals surface area contributed by atoms with Gasteiger partial charge >= 0.3 is 0 Å². The van der Waals surface area contributed by atoms with E-state index in [0.29, 0.717) is 18.0 Å². The minimum atomic E-state index is -0.0182. The van der Waals surface area contributed by atoms with Crippen LogP contribution in [-0.4, -0.2) is 18.3 Å². The fourth-order valence-electron chi connectivity index (χ4n) is 1.85. The predicted octanol–water partition coefficient (Wildman–Crippen LogP) is 3.59. The molecule has 1 N–H and O–H groups in total. The lowest BCUT2D eigenvalue weighted by Gasteiger charge is -2.05. The molecule has 0 atom stereocenters. The number of alkyl halides is 1. The van der Waals surface area contributed by atoms with Crippen LogP contribution in [0.5, 0.6) is 0 Å². The number of rotatable bonds is 5. The van der Waals surface area contributed by atoms with E-state index in [2.05, 4.69) is 5.32 Å². The number of unbranched alkanes of at least 4 members (excludes halogenated alkanes) is 1. The van der Waals surface area contributed by atoms with Crippen LogP contribution in [0.3, 0.4) is 0 Å². The highest BCUT2D eigenvalue weighted by Crippen LogP contribution is 2.15. The Morgan fingerprint density at radius 2 is 1.83 bits per heavy atom. The van der Waals surface area contributed by atoms with E-state index in [1.165, 1.54) is 0 Å². The van der Waals surface area contributed by atoms with Gasteiger partial charge in [0.05, 0.1) is 0 Å². The zero-order valence-corrected chi connectivity index (χ0v) is 10.9. The van der Waals surface area contributed by atoms with E-state index in [-0.39, 0.29) is 5.91 Å². The molecule has 0 aliphatic carbocycles. The van der Waals surface area contributed by atoms with Gasteiger partial charge in [-0.05, 0) is 35.7 Å². The average Bonchev–Trinajstić information content (AvgIpc) is 2.43. The molecule has 0 aliphatic rings. The quantitative estimate of drug-likeness (QED) is 0.647. The summed E-state index contributed by atoms with van der Waals surface area (Å²) in [6, 6.07) is 13.8. The van der Waals surface area contributed by atoms with Crippen molar-refractivity contribution in [2.45, 2.75) is 12.8 Å². The molecule has 1 amide bonds. The first-order chi connectivity index (χ1) is 8.81. The Balaban J connectivity index is 2.04. The van der Waals surface area contributed by atoms with Gasteiger partial charge in [0.25, 0.3) is 5.91 Å². The third kappa shape index (κ3) is 3.23. The topological polar surface area (TPSA) is 29.1 Å².